The molecule has 5 rings (SSSR count). The lowest BCUT2D eigenvalue weighted by molar-refractivity contribution is 0.539. The highest BCUT2D eigenvalue weighted by Gasteiger charge is 2.32. The minimum atomic E-state index is -0.0712. The van der Waals surface area contributed by atoms with Crippen molar-refractivity contribution < 1.29 is 0 Å². The van der Waals surface area contributed by atoms with Crippen molar-refractivity contribution in [2.24, 2.45) is 0 Å². The molecule has 144 valence electrons. The summed E-state index contributed by atoms with van der Waals surface area (Å²) in [6.07, 6.45) is 5.63. The summed E-state index contributed by atoms with van der Waals surface area (Å²) in [7, 11) is 0. The zero-order chi connectivity index (χ0) is 19.5. The molecule has 1 atom stereocenters. The fraction of sp³-hybridized carbons (Fsp3) is 0.217. The fourth-order valence-electron chi connectivity index (χ4n) is 4.08. The van der Waals surface area contributed by atoms with E-state index in [0.29, 0.717) is 0 Å². The first-order valence-electron chi connectivity index (χ1n) is 9.94. The number of pyridine rings is 1. The number of hydrogen-bond donors (Lipinski definition) is 0. The van der Waals surface area contributed by atoms with E-state index in [2.05, 4.69) is 80.0 Å². The number of aromatic nitrogens is 5. The van der Waals surface area contributed by atoms with Gasteiger partial charge in [0.2, 0.25) is 0 Å². The molecule has 1 aliphatic rings. The minimum Gasteiger partial charge on any atom is -0.357 e. The second-order valence-corrected chi connectivity index (χ2v) is 7.26. The van der Waals surface area contributed by atoms with E-state index >= 15 is 0 Å². The van der Waals surface area contributed by atoms with Crippen LogP contribution >= 0.6 is 0 Å². The molecule has 0 amide bonds. The van der Waals surface area contributed by atoms with Gasteiger partial charge in [0, 0.05) is 36.7 Å². The molecule has 1 aliphatic heterocycles. The summed E-state index contributed by atoms with van der Waals surface area (Å²) in [5.74, 6) is 0.852. The van der Waals surface area contributed by atoms with Gasteiger partial charge in [0.25, 0.3) is 0 Å². The van der Waals surface area contributed by atoms with Crippen molar-refractivity contribution in [3.05, 3.63) is 102 Å². The fourth-order valence-corrected chi connectivity index (χ4v) is 4.08. The first-order valence-corrected chi connectivity index (χ1v) is 9.94. The number of hydrogen-bond acceptors (Lipinski definition) is 5. The topological polar surface area (TPSA) is 59.7 Å². The lowest BCUT2D eigenvalue weighted by Gasteiger charge is -2.29. The Hall–Kier alpha value is -3.54. The van der Waals surface area contributed by atoms with Crippen LogP contribution in [0.2, 0.25) is 0 Å². The Kier molecular flexibility index (Phi) is 4.74. The molecule has 6 heteroatoms. The Morgan fingerprint density at radius 3 is 2.66 bits per heavy atom. The third-order valence-electron chi connectivity index (χ3n) is 5.49. The summed E-state index contributed by atoms with van der Waals surface area (Å²) in [4.78, 5) is 6.76. The number of nitrogens with zero attached hydrogens (tertiary/aromatic N) is 6. The Morgan fingerprint density at radius 2 is 1.79 bits per heavy atom. The molecule has 6 nitrogen and oxygen atoms in total. The predicted molar refractivity (Wildman–Crippen MR) is 112 cm³/mol. The minimum absolute atomic E-state index is 0.0712. The standard InChI is InChI=1S/C23H22N6/c1-2-7-18(8-3-1)12-16-29-23(25-26-27-29)22(20-10-6-14-24-17-20)28-15-13-19-9-4-5-11-21(19)28/h1-11,14,17,22H,12-13,15-16H2. The molecular formula is C23H22N6. The molecule has 0 N–H and O–H groups in total. The van der Waals surface area contributed by atoms with E-state index in [0.717, 1.165) is 37.3 Å². The maximum Gasteiger partial charge on any atom is 0.178 e. The van der Waals surface area contributed by atoms with Gasteiger partial charge in [0.05, 0.1) is 0 Å². The predicted octanol–water partition coefficient (Wildman–Crippen LogP) is 3.46. The van der Waals surface area contributed by atoms with Crippen LogP contribution < -0.4 is 4.90 Å². The number of para-hydroxylation sites is 1. The van der Waals surface area contributed by atoms with Crippen molar-refractivity contribution in [2.75, 3.05) is 11.4 Å². The molecule has 0 saturated heterocycles. The molecule has 0 fully saturated rings. The SMILES string of the molecule is c1ccc(CCn2nnnc2C(c2cccnc2)N2CCc3ccccc32)cc1. The van der Waals surface area contributed by atoms with Crippen LogP contribution in [0.1, 0.15) is 28.6 Å². The Morgan fingerprint density at radius 1 is 0.931 bits per heavy atom. The lowest BCUT2D eigenvalue weighted by Crippen LogP contribution is -2.30. The molecule has 0 bridgehead atoms. The van der Waals surface area contributed by atoms with Crippen molar-refractivity contribution >= 4 is 5.69 Å². The third-order valence-corrected chi connectivity index (χ3v) is 5.49. The largest absolute Gasteiger partial charge is 0.357 e. The van der Waals surface area contributed by atoms with Crippen LogP contribution in [-0.4, -0.2) is 31.7 Å². The normalized spacial score (nSPS) is 14.0. The lowest BCUT2D eigenvalue weighted by atomic mass is 10.1. The molecule has 3 heterocycles. The first-order chi connectivity index (χ1) is 14.4. The van der Waals surface area contributed by atoms with Crippen LogP contribution in [0.15, 0.2) is 79.1 Å². The molecule has 0 saturated carbocycles. The number of anilines is 1. The van der Waals surface area contributed by atoms with Crippen molar-refractivity contribution in [1.82, 2.24) is 25.2 Å². The monoisotopic (exact) mass is 382 g/mol. The summed E-state index contributed by atoms with van der Waals surface area (Å²) >= 11 is 0. The molecule has 0 aliphatic carbocycles. The maximum absolute atomic E-state index is 4.46. The highest BCUT2D eigenvalue weighted by atomic mass is 15.5. The van der Waals surface area contributed by atoms with Crippen molar-refractivity contribution in [2.45, 2.75) is 25.4 Å². The summed E-state index contributed by atoms with van der Waals surface area (Å²) in [6.45, 7) is 1.67. The van der Waals surface area contributed by atoms with Crippen molar-refractivity contribution in [1.29, 1.82) is 0 Å². The zero-order valence-electron chi connectivity index (χ0n) is 16.1. The van der Waals surface area contributed by atoms with E-state index in [-0.39, 0.29) is 6.04 Å². The van der Waals surface area contributed by atoms with Gasteiger partial charge in [-0.15, -0.1) is 5.10 Å². The molecule has 29 heavy (non-hydrogen) atoms. The summed E-state index contributed by atoms with van der Waals surface area (Å²) in [5, 5.41) is 12.8. The average molecular weight is 382 g/mol. The van der Waals surface area contributed by atoms with E-state index in [4.69, 9.17) is 0 Å². The number of benzene rings is 2. The van der Waals surface area contributed by atoms with Crippen molar-refractivity contribution in [3.63, 3.8) is 0 Å². The number of fused-ring (bicyclic) bond motifs is 1. The zero-order valence-corrected chi connectivity index (χ0v) is 16.1. The summed E-state index contributed by atoms with van der Waals surface area (Å²) in [6, 6.07) is 23.0. The Balaban J connectivity index is 1.51. The summed E-state index contributed by atoms with van der Waals surface area (Å²) in [5.41, 5.74) is 4.99. The number of tetrazole rings is 1. The molecule has 0 radical (unpaired) electrons. The highest BCUT2D eigenvalue weighted by Crippen LogP contribution is 2.37. The molecule has 1 unspecified atom stereocenters. The van der Waals surface area contributed by atoms with E-state index in [1.807, 2.05) is 23.0 Å². The molecular weight excluding hydrogens is 360 g/mol. The van der Waals surface area contributed by atoms with Gasteiger partial charge < -0.3 is 4.90 Å². The van der Waals surface area contributed by atoms with Crippen LogP contribution in [-0.2, 0) is 19.4 Å². The van der Waals surface area contributed by atoms with Gasteiger partial charge in [-0.1, -0.05) is 54.6 Å². The highest BCUT2D eigenvalue weighted by molar-refractivity contribution is 5.60. The number of aryl methyl sites for hydroxylation is 2. The molecule has 2 aromatic heterocycles. The Labute approximate surface area is 169 Å². The van der Waals surface area contributed by atoms with Crippen molar-refractivity contribution in [3.8, 4) is 0 Å². The second kappa shape index (κ2) is 7.83. The van der Waals surface area contributed by atoms with Crippen LogP contribution in [0.4, 0.5) is 5.69 Å². The quantitative estimate of drug-likeness (QED) is 0.511. The van der Waals surface area contributed by atoms with Gasteiger partial charge in [-0.2, -0.15) is 0 Å². The van der Waals surface area contributed by atoms with Crippen LogP contribution in [0.5, 0.6) is 0 Å². The van der Waals surface area contributed by atoms with Crippen LogP contribution in [0.3, 0.4) is 0 Å². The second-order valence-electron chi connectivity index (χ2n) is 7.26. The maximum atomic E-state index is 4.46. The van der Waals surface area contributed by atoms with Gasteiger partial charge in [-0.05, 0) is 46.5 Å². The average Bonchev–Trinajstić information content (AvgIpc) is 3.42. The van der Waals surface area contributed by atoms with E-state index in [1.54, 1.807) is 6.20 Å². The third kappa shape index (κ3) is 3.49. The van der Waals surface area contributed by atoms with E-state index in [1.165, 1.54) is 16.8 Å². The van der Waals surface area contributed by atoms with Gasteiger partial charge in [0.1, 0.15) is 6.04 Å². The molecule has 4 aromatic rings. The van der Waals surface area contributed by atoms with Crippen LogP contribution in [0.25, 0.3) is 0 Å². The smallest absolute Gasteiger partial charge is 0.178 e. The van der Waals surface area contributed by atoms with E-state index < -0.39 is 0 Å². The Bertz CT molecular complexity index is 1080. The van der Waals surface area contributed by atoms with E-state index in [9.17, 15) is 0 Å². The molecule has 2 aromatic carbocycles. The number of rotatable bonds is 6. The molecule has 0 spiro atoms. The summed E-state index contributed by atoms with van der Waals surface area (Å²) < 4.78 is 1.94. The first kappa shape index (κ1) is 17.6. The van der Waals surface area contributed by atoms with Gasteiger partial charge >= 0.3 is 0 Å². The van der Waals surface area contributed by atoms with Gasteiger partial charge in [-0.3, -0.25) is 4.98 Å². The van der Waals surface area contributed by atoms with Crippen LogP contribution in [0, 0.1) is 0 Å². The van der Waals surface area contributed by atoms with Gasteiger partial charge in [0.15, 0.2) is 5.82 Å². The van der Waals surface area contributed by atoms with Gasteiger partial charge in [-0.25, -0.2) is 4.68 Å².